The van der Waals surface area contributed by atoms with Crippen LogP contribution in [0, 0.1) is 0 Å². The average Bonchev–Trinajstić information content (AvgIpc) is 2.96. The molecule has 4 N–H and O–H groups in total. The summed E-state index contributed by atoms with van der Waals surface area (Å²) in [4.78, 5) is 35.8. The van der Waals surface area contributed by atoms with E-state index >= 15 is 0 Å². The standard InChI is InChI=1S/C27H45N7O3.2C2H6/c1-8-34(9-2)16-15-29-24(35)23-19-31-22-18-20(10-11-21(22)33-23)32-25(36)30-14-12-27(5,6)37-17-13-26(3,4)28-7;2*1-2/h10-11,18-19,28H,8-9,12-17H2,1-7H3,(H,29,35)(H2,30,32,36);2*1-2H3. The number of anilines is 1. The van der Waals surface area contributed by atoms with Gasteiger partial charge in [-0.15, -0.1) is 0 Å². The highest BCUT2D eigenvalue weighted by Crippen LogP contribution is 2.18. The molecule has 2 rings (SSSR count). The van der Waals surface area contributed by atoms with Crippen LogP contribution in [-0.4, -0.2) is 84.3 Å². The van der Waals surface area contributed by atoms with Gasteiger partial charge in [-0.1, -0.05) is 41.5 Å². The first-order valence-electron chi connectivity index (χ1n) is 15.1. The van der Waals surface area contributed by atoms with Crippen LogP contribution in [0.15, 0.2) is 24.4 Å². The molecule has 10 nitrogen and oxygen atoms in total. The molecule has 0 atom stereocenters. The molecule has 10 heteroatoms. The number of benzene rings is 1. The Bertz CT molecular complexity index is 1020. The van der Waals surface area contributed by atoms with E-state index in [0.717, 1.165) is 26.1 Å². The van der Waals surface area contributed by atoms with Crippen molar-refractivity contribution in [3.8, 4) is 0 Å². The highest BCUT2D eigenvalue weighted by Gasteiger charge is 2.21. The lowest BCUT2D eigenvalue weighted by Crippen LogP contribution is -2.39. The minimum atomic E-state index is -0.342. The van der Waals surface area contributed by atoms with Crippen molar-refractivity contribution in [3.63, 3.8) is 0 Å². The molecule has 0 aliphatic heterocycles. The van der Waals surface area contributed by atoms with Crippen molar-refractivity contribution in [2.75, 3.05) is 51.7 Å². The van der Waals surface area contributed by atoms with E-state index in [2.05, 4.69) is 63.8 Å². The molecule has 0 spiro atoms. The highest BCUT2D eigenvalue weighted by atomic mass is 16.5. The second kappa shape index (κ2) is 20.1. The first-order valence-corrected chi connectivity index (χ1v) is 15.1. The van der Waals surface area contributed by atoms with Gasteiger partial charge in [0.15, 0.2) is 0 Å². The minimum absolute atomic E-state index is 0.0254. The third-order valence-corrected chi connectivity index (χ3v) is 6.55. The van der Waals surface area contributed by atoms with E-state index in [0.29, 0.717) is 42.8 Å². The van der Waals surface area contributed by atoms with Crippen LogP contribution in [0.5, 0.6) is 0 Å². The normalized spacial score (nSPS) is 11.2. The second-order valence-corrected chi connectivity index (χ2v) is 10.4. The lowest BCUT2D eigenvalue weighted by atomic mass is 10.0. The fraction of sp³-hybridized carbons (Fsp3) is 0.677. The molecular formula is C31H57N7O3. The van der Waals surface area contributed by atoms with Crippen LogP contribution < -0.4 is 21.3 Å². The predicted molar refractivity (Wildman–Crippen MR) is 172 cm³/mol. The van der Waals surface area contributed by atoms with Gasteiger partial charge in [0.25, 0.3) is 5.91 Å². The Morgan fingerprint density at radius 2 is 1.59 bits per heavy atom. The summed E-state index contributed by atoms with van der Waals surface area (Å²) in [6, 6.07) is 4.92. The zero-order valence-electron chi connectivity index (χ0n) is 27.5. The van der Waals surface area contributed by atoms with E-state index < -0.39 is 0 Å². The number of carbonyl (C=O) groups excluding carboxylic acids is 2. The SMILES string of the molecule is CC.CC.CCN(CC)CCNC(=O)c1cnc2cc(NC(=O)NCCC(C)(C)OCCC(C)(C)NC)ccc2n1. The Kier molecular flexibility index (Phi) is 18.7. The van der Waals surface area contributed by atoms with E-state index in [1.165, 1.54) is 6.20 Å². The third kappa shape index (κ3) is 15.1. The lowest BCUT2D eigenvalue weighted by Gasteiger charge is -2.29. The van der Waals surface area contributed by atoms with Crippen LogP contribution in [0.25, 0.3) is 11.0 Å². The van der Waals surface area contributed by atoms with Gasteiger partial charge in [-0.05, 0) is 78.9 Å². The summed E-state index contributed by atoms with van der Waals surface area (Å²) in [5.41, 5.74) is 1.73. The lowest BCUT2D eigenvalue weighted by molar-refractivity contribution is -0.0295. The summed E-state index contributed by atoms with van der Waals surface area (Å²) in [5, 5.41) is 11.9. The predicted octanol–water partition coefficient (Wildman–Crippen LogP) is 5.45. The molecule has 1 heterocycles. The topological polar surface area (TPSA) is 121 Å². The number of nitrogens with zero attached hydrogens (tertiary/aromatic N) is 3. The van der Waals surface area contributed by atoms with Crippen molar-refractivity contribution in [2.45, 2.75) is 93.2 Å². The largest absolute Gasteiger partial charge is 0.375 e. The van der Waals surface area contributed by atoms with Gasteiger partial charge in [0.05, 0.1) is 22.8 Å². The van der Waals surface area contributed by atoms with E-state index in [9.17, 15) is 9.59 Å². The Morgan fingerprint density at radius 1 is 0.927 bits per heavy atom. The molecule has 1 aromatic heterocycles. The zero-order chi connectivity index (χ0) is 31.5. The summed E-state index contributed by atoms with van der Waals surface area (Å²) in [5.74, 6) is -0.249. The Morgan fingerprint density at radius 3 is 2.20 bits per heavy atom. The number of hydrogen-bond acceptors (Lipinski definition) is 7. The molecule has 0 unspecified atom stereocenters. The minimum Gasteiger partial charge on any atom is -0.375 e. The van der Waals surface area contributed by atoms with Crippen LogP contribution in [0.3, 0.4) is 0 Å². The summed E-state index contributed by atoms with van der Waals surface area (Å²) in [6.45, 7) is 24.9. The summed E-state index contributed by atoms with van der Waals surface area (Å²) in [6.07, 6.45) is 3.04. The maximum absolute atomic E-state index is 12.4. The van der Waals surface area contributed by atoms with E-state index in [-0.39, 0.29) is 28.8 Å². The smallest absolute Gasteiger partial charge is 0.319 e. The second-order valence-electron chi connectivity index (χ2n) is 10.4. The average molecular weight is 576 g/mol. The van der Waals surface area contributed by atoms with Crippen LogP contribution in [0.2, 0.25) is 0 Å². The summed E-state index contributed by atoms with van der Waals surface area (Å²) < 4.78 is 6.03. The number of nitrogens with one attached hydrogen (secondary N) is 4. The maximum atomic E-state index is 12.4. The van der Waals surface area contributed by atoms with Gasteiger partial charge < -0.3 is 30.9 Å². The number of urea groups is 1. The first-order chi connectivity index (χ1) is 19.5. The third-order valence-electron chi connectivity index (χ3n) is 6.55. The van der Waals surface area contributed by atoms with Gasteiger partial charge in [0.1, 0.15) is 5.69 Å². The first kappa shape index (κ1) is 38.2. The number of fused-ring (bicyclic) bond motifs is 1. The maximum Gasteiger partial charge on any atom is 0.319 e. The molecular weight excluding hydrogens is 518 g/mol. The van der Waals surface area contributed by atoms with Crippen molar-refractivity contribution in [3.05, 3.63) is 30.1 Å². The van der Waals surface area contributed by atoms with Crippen LogP contribution in [0.1, 0.15) is 92.6 Å². The van der Waals surface area contributed by atoms with Crippen LogP contribution in [-0.2, 0) is 4.74 Å². The highest BCUT2D eigenvalue weighted by molar-refractivity contribution is 5.95. The number of aromatic nitrogens is 2. The van der Waals surface area contributed by atoms with E-state index in [1.54, 1.807) is 18.2 Å². The molecule has 234 valence electrons. The van der Waals surface area contributed by atoms with Gasteiger partial charge in [0, 0.05) is 37.5 Å². The van der Waals surface area contributed by atoms with Crippen molar-refractivity contribution in [2.24, 2.45) is 0 Å². The molecule has 0 bridgehead atoms. The van der Waals surface area contributed by atoms with Gasteiger partial charge in [-0.25, -0.2) is 9.78 Å². The molecule has 2 aromatic rings. The van der Waals surface area contributed by atoms with E-state index in [1.807, 2.05) is 48.6 Å². The van der Waals surface area contributed by atoms with Gasteiger partial charge >= 0.3 is 6.03 Å². The van der Waals surface area contributed by atoms with E-state index in [4.69, 9.17) is 4.74 Å². The molecule has 1 aromatic carbocycles. The molecule has 0 radical (unpaired) electrons. The van der Waals surface area contributed by atoms with Crippen molar-refractivity contribution in [1.29, 1.82) is 0 Å². The molecule has 41 heavy (non-hydrogen) atoms. The molecule has 0 saturated carbocycles. The van der Waals surface area contributed by atoms with Gasteiger partial charge in [-0.3, -0.25) is 9.78 Å². The quantitative estimate of drug-likeness (QED) is 0.223. The molecule has 0 fully saturated rings. The van der Waals surface area contributed by atoms with Crippen LogP contribution in [0.4, 0.5) is 10.5 Å². The van der Waals surface area contributed by atoms with Gasteiger partial charge in [-0.2, -0.15) is 0 Å². The summed E-state index contributed by atoms with van der Waals surface area (Å²) in [7, 11) is 1.95. The Labute approximate surface area is 248 Å². The number of amides is 3. The summed E-state index contributed by atoms with van der Waals surface area (Å²) >= 11 is 0. The van der Waals surface area contributed by atoms with Crippen molar-refractivity contribution >= 4 is 28.7 Å². The van der Waals surface area contributed by atoms with Crippen LogP contribution >= 0.6 is 0 Å². The number of ether oxygens (including phenoxy) is 1. The fourth-order valence-electron chi connectivity index (χ4n) is 3.59. The zero-order valence-corrected chi connectivity index (χ0v) is 27.5. The van der Waals surface area contributed by atoms with Crippen molar-refractivity contribution in [1.82, 2.24) is 30.8 Å². The number of rotatable bonds is 15. The fourth-order valence-corrected chi connectivity index (χ4v) is 3.59. The Balaban J connectivity index is 0.00000382. The molecule has 0 aliphatic carbocycles. The number of likely N-dealkylation sites (N-methyl/N-ethyl adjacent to an activating group) is 1. The van der Waals surface area contributed by atoms with Gasteiger partial charge in [0.2, 0.25) is 0 Å². The number of hydrogen-bond donors (Lipinski definition) is 4. The molecule has 0 saturated heterocycles. The molecule has 3 amide bonds. The Hall–Kier alpha value is -2.82. The van der Waals surface area contributed by atoms with Crippen molar-refractivity contribution < 1.29 is 14.3 Å². The molecule has 0 aliphatic rings. The monoisotopic (exact) mass is 575 g/mol. The number of carbonyl (C=O) groups is 2.